The van der Waals surface area contributed by atoms with E-state index in [0.29, 0.717) is 13.2 Å². The molecule has 4 rings (SSSR count). The van der Waals surface area contributed by atoms with Crippen molar-refractivity contribution in [3.63, 3.8) is 0 Å². The molecular weight excluding hydrogens is 419 g/mol. The Balaban J connectivity index is 1.67. The molecule has 4 aromatic rings. The van der Waals surface area contributed by atoms with Gasteiger partial charge in [-0.15, -0.1) is 0 Å². The van der Waals surface area contributed by atoms with Gasteiger partial charge in [0, 0.05) is 22.5 Å². The van der Waals surface area contributed by atoms with Gasteiger partial charge in [0.05, 0.1) is 16.9 Å². The summed E-state index contributed by atoms with van der Waals surface area (Å²) in [6.45, 7) is 7.30. The van der Waals surface area contributed by atoms with Crippen LogP contribution >= 0.6 is 0 Å². The van der Waals surface area contributed by atoms with Crippen LogP contribution in [-0.2, 0) is 4.65 Å². The maximum atomic E-state index is 10.4. The minimum Gasteiger partial charge on any atom is -0.427 e. The van der Waals surface area contributed by atoms with Crippen molar-refractivity contribution in [2.24, 2.45) is 0 Å². The van der Waals surface area contributed by atoms with Crippen molar-refractivity contribution in [3.8, 4) is 0 Å². The molecule has 0 spiro atoms. The Morgan fingerprint density at radius 1 is 0.853 bits per heavy atom. The highest BCUT2D eigenvalue weighted by atomic mass is 16.5. The van der Waals surface area contributed by atoms with E-state index in [1.165, 1.54) is 0 Å². The number of hydrogen-bond donors (Lipinski definition) is 3. The Morgan fingerprint density at radius 3 is 2.29 bits per heavy atom. The van der Waals surface area contributed by atoms with Crippen LogP contribution in [0.1, 0.15) is 38.8 Å². The Bertz CT molecular complexity index is 1310. The summed E-state index contributed by atoms with van der Waals surface area (Å²) < 4.78 is 6.05. The molecule has 0 radical (unpaired) electrons. The lowest BCUT2D eigenvalue weighted by Gasteiger charge is -2.37. The van der Waals surface area contributed by atoms with Crippen LogP contribution in [0.25, 0.3) is 10.8 Å². The van der Waals surface area contributed by atoms with Gasteiger partial charge in [0.15, 0.2) is 0 Å². The summed E-state index contributed by atoms with van der Waals surface area (Å²) >= 11 is 0. The second-order valence-corrected chi connectivity index (χ2v) is 9.63. The molecule has 0 bridgehead atoms. The van der Waals surface area contributed by atoms with Gasteiger partial charge in [0.1, 0.15) is 0 Å². The van der Waals surface area contributed by atoms with Crippen LogP contribution < -0.4 is 10.8 Å². The smallest absolute Gasteiger partial charge is 0.309 e. The van der Waals surface area contributed by atoms with E-state index in [-0.39, 0.29) is 0 Å². The number of aliphatic hydroxyl groups is 1. The summed E-state index contributed by atoms with van der Waals surface area (Å²) in [5.41, 5.74) is 3.37. The number of anilines is 2. The molecule has 0 atom stereocenters. The maximum Gasteiger partial charge on any atom is 0.309 e. The van der Waals surface area contributed by atoms with Crippen molar-refractivity contribution >= 4 is 40.8 Å². The zero-order valence-electron chi connectivity index (χ0n) is 20.2. The van der Waals surface area contributed by atoms with Gasteiger partial charge < -0.3 is 15.1 Å². The summed E-state index contributed by atoms with van der Waals surface area (Å²) in [5.74, 6) is 0. The lowest BCUT2D eigenvalue weighted by atomic mass is 9.82. The molecule has 0 heterocycles. The zero-order valence-corrected chi connectivity index (χ0v) is 20.2. The van der Waals surface area contributed by atoms with Crippen molar-refractivity contribution in [1.29, 1.82) is 5.41 Å². The third-order valence-electron chi connectivity index (χ3n) is 6.52. The Kier molecular flexibility index (Phi) is 6.60. The van der Waals surface area contributed by atoms with Gasteiger partial charge in [-0.1, -0.05) is 78.3 Å². The van der Waals surface area contributed by atoms with E-state index in [9.17, 15) is 5.11 Å². The minimum atomic E-state index is -0.958. The second-order valence-electron chi connectivity index (χ2n) is 9.63. The first-order valence-corrected chi connectivity index (χ1v) is 11.5. The molecule has 0 aliphatic rings. The Morgan fingerprint density at radius 2 is 1.56 bits per heavy atom. The summed E-state index contributed by atoms with van der Waals surface area (Å²) in [4.78, 5) is 0. The highest BCUT2D eigenvalue weighted by molar-refractivity contribution is 6.47. The normalized spacial score (nSPS) is 11.9. The topological polar surface area (TPSA) is 65.3 Å². The summed E-state index contributed by atoms with van der Waals surface area (Å²) in [5, 5.41) is 25.1. The van der Waals surface area contributed by atoms with Gasteiger partial charge >= 0.3 is 7.48 Å². The van der Waals surface area contributed by atoms with E-state index in [1.807, 2.05) is 86.6 Å². The van der Waals surface area contributed by atoms with Crippen molar-refractivity contribution in [2.75, 3.05) is 5.32 Å². The van der Waals surface area contributed by atoms with Crippen molar-refractivity contribution in [2.45, 2.75) is 38.9 Å². The Hall–Kier alpha value is -3.41. The van der Waals surface area contributed by atoms with Crippen LogP contribution in [0.15, 0.2) is 91.0 Å². The number of benzene rings is 4. The van der Waals surface area contributed by atoms with Crippen LogP contribution in [0.2, 0.25) is 0 Å². The molecule has 172 valence electrons. The van der Waals surface area contributed by atoms with Crippen LogP contribution in [-0.4, -0.2) is 29.5 Å². The van der Waals surface area contributed by atoms with Gasteiger partial charge in [-0.2, -0.15) is 0 Å². The van der Waals surface area contributed by atoms with E-state index in [1.54, 1.807) is 13.8 Å². The number of fused-ring (bicyclic) bond motifs is 1. The summed E-state index contributed by atoms with van der Waals surface area (Å²) in [6, 6.07) is 30.2. The minimum absolute atomic E-state index is 0.386. The number of hydrogen-bond acceptors (Lipinski definition) is 4. The van der Waals surface area contributed by atoms with E-state index < -0.39 is 11.2 Å². The largest absolute Gasteiger partial charge is 0.427 e. The molecule has 0 aliphatic heterocycles. The molecule has 4 nitrogen and oxygen atoms in total. The van der Waals surface area contributed by atoms with Crippen LogP contribution in [0.5, 0.6) is 0 Å². The molecular formula is C29H31BN2O2. The standard InChI is InChI=1S/C29H31BN2O2/c1-28(2,33)29(3,4)34-30-22-14-10-15-23(19-22)32-25-18-17-20-11-8-9-16-24(20)26(25)27(31)21-12-6-5-7-13-21/h5-19,30-33H,1-4H3. The van der Waals surface area contributed by atoms with Gasteiger partial charge in [0.2, 0.25) is 0 Å². The van der Waals surface area contributed by atoms with Gasteiger partial charge in [0.25, 0.3) is 0 Å². The SMILES string of the molecule is CC(C)(O)C(C)(C)OBc1cccc(Nc2ccc3ccccc3c2C(=N)c2ccccc2)c1. The van der Waals surface area contributed by atoms with E-state index in [4.69, 9.17) is 10.1 Å². The molecule has 0 unspecified atom stereocenters. The molecule has 3 N–H and O–H groups in total. The van der Waals surface area contributed by atoms with E-state index >= 15 is 0 Å². The molecule has 0 aliphatic carbocycles. The van der Waals surface area contributed by atoms with E-state index in [2.05, 4.69) is 23.5 Å². The molecule has 0 aromatic heterocycles. The first kappa shape index (κ1) is 23.7. The first-order chi connectivity index (χ1) is 16.2. The zero-order chi connectivity index (χ0) is 24.3. The summed E-state index contributed by atoms with van der Waals surface area (Å²) in [7, 11) is 0.386. The van der Waals surface area contributed by atoms with Crippen molar-refractivity contribution in [3.05, 3.63) is 102 Å². The fraction of sp³-hybridized carbons (Fsp3) is 0.207. The lowest BCUT2D eigenvalue weighted by Crippen LogP contribution is -2.49. The van der Waals surface area contributed by atoms with Gasteiger partial charge in [-0.25, -0.2) is 0 Å². The van der Waals surface area contributed by atoms with Crippen LogP contribution in [0.4, 0.5) is 11.4 Å². The summed E-state index contributed by atoms with van der Waals surface area (Å²) in [6.07, 6.45) is 0. The van der Waals surface area contributed by atoms with Crippen LogP contribution in [0.3, 0.4) is 0 Å². The molecule has 0 amide bonds. The first-order valence-electron chi connectivity index (χ1n) is 11.5. The Labute approximate surface area is 202 Å². The average molecular weight is 450 g/mol. The lowest BCUT2D eigenvalue weighted by molar-refractivity contribution is -0.0893. The molecule has 0 saturated heterocycles. The third-order valence-corrected chi connectivity index (χ3v) is 6.52. The van der Waals surface area contributed by atoms with Gasteiger partial charge in [-0.3, -0.25) is 5.41 Å². The second kappa shape index (κ2) is 9.45. The molecule has 4 aromatic carbocycles. The van der Waals surface area contributed by atoms with E-state index in [0.717, 1.165) is 38.7 Å². The molecule has 0 fully saturated rings. The fourth-order valence-electron chi connectivity index (χ4n) is 3.73. The van der Waals surface area contributed by atoms with Gasteiger partial charge in [-0.05, 0) is 56.7 Å². The third kappa shape index (κ3) is 5.06. The highest BCUT2D eigenvalue weighted by Gasteiger charge is 2.35. The molecule has 0 saturated carbocycles. The van der Waals surface area contributed by atoms with Crippen molar-refractivity contribution < 1.29 is 9.76 Å². The quantitative estimate of drug-likeness (QED) is 0.244. The maximum absolute atomic E-state index is 10.4. The molecule has 5 heteroatoms. The average Bonchev–Trinajstić information content (AvgIpc) is 2.82. The van der Waals surface area contributed by atoms with Crippen LogP contribution in [0, 0.1) is 5.41 Å². The predicted octanol–water partition coefficient (Wildman–Crippen LogP) is 5.54. The number of rotatable bonds is 8. The van der Waals surface area contributed by atoms with Crippen molar-refractivity contribution in [1.82, 2.24) is 0 Å². The monoisotopic (exact) mass is 450 g/mol. The molecule has 34 heavy (non-hydrogen) atoms. The predicted molar refractivity (Wildman–Crippen MR) is 144 cm³/mol. The highest BCUT2D eigenvalue weighted by Crippen LogP contribution is 2.31. The number of nitrogens with one attached hydrogen (secondary N) is 2. The fourth-order valence-corrected chi connectivity index (χ4v) is 3.73.